The van der Waals surface area contributed by atoms with Gasteiger partial charge in [0.05, 0.1) is 0 Å². The van der Waals surface area contributed by atoms with Gasteiger partial charge in [0.15, 0.2) is 6.04 Å². The number of amides is 1. The van der Waals surface area contributed by atoms with Gasteiger partial charge in [0.2, 0.25) is 0 Å². The normalized spacial score (nSPS) is 18.1. The molecule has 2 heterocycles. The Balaban J connectivity index is 1.93. The van der Waals surface area contributed by atoms with E-state index in [-0.39, 0.29) is 11.9 Å². The number of carbonyl (C=O) groups is 2. The maximum atomic E-state index is 12.6. The Morgan fingerprint density at radius 1 is 1.27 bits per heavy atom. The van der Waals surface area contributed by atoms with Crippen LogP contribution >= 0.6 is 0 Å². The average Bonchev–Trinajstić information content (AvgIpc) is 2.82. The molecule has 1 aromatic heterocycles. The quantitative estimate of drug-likeness (QED) is 0.939. The molecule has 0 spiro atoms. The van der Waals surface area contributed by atoms with E-state index in [1.165, 1.54) is 4.90 Å². The number of aliphatic carboxylic acids is 1. The van der Waals surface area contributed by atoms with Gasteiger partial charge >= 0.3 is 5.97 Å². The largest absolute Gasteiger partial charge is 0.479 e. The van der Waals surface area contributed by atoms with Crippen LogP contribution in [0.2, 0.25) is 0 Å². The molecule has 0 fully saturated rings. The summed E-state index contributed by atoms with van der Waals surface area (Å²) in [6, 6.07) is 11.3. The first-order valence-corrected chi connectivity index (χ1v) is 7.14. The zero-order valence-electron chi connectivity index (χ0n) is 12.1. The van der Waals surface area contributed by atoms with Crippen LogP contribution in [0.5, 0.6) is 0 Å². The molecule has 0 bridgehead atoms. The Bertz CT molecular complexity index is 715. The molecule has 3 rings (SSSR count). The minimum absolute atomic E-state index is 0.230. The molecule has 2 atom stereocenters. The van der Waals surface area contributed by atoms with Crippen molar-refractivity contribution in [1.29, 1.82) is 0 Å². The fourth-order valence-electron chi connectivity index (χ4n) is 2.96. The number of carboxylic acid groups (broad SMARTS) is 1. The summed E-state index contributed by atoms with van der Waals surface area (Å²) in [6.45, 7) is 1.86. The lowest BCUT2D eigenvalue weighted by Gasteiger charge is -2.28. The third-order valence-corrected chi connectivity index (χ3v) is 3.94. The number of rotatable bonds is 4. The Kier molecular flexibility index (Phi) is 3.63. The maximum Gasteiger partial charge on any atom is 0.331 e. The summed E-state index contributed by atoms with van der Waals surface area (Å²) in [6.07, 6.45) is 2.21. The highest BCUT2D eigenvalue weighted by molar-refractivity contribution is 6.03. The van der Waals surface area contributed by atoms with E-state index in [0.717, 1.165) is 5.69 Å². The summed E-state index contributed by atoms with van der Waals surface area (Å²) in [5.74, 6) is -1.24. The van der Waals surface area contributed by atoms with Crippen molar-refractivity contribution in [2.75, 3.05) is 0 Å². The second-order valence-corrected chi connectivity index (χ2v) is 5.41. The number of benzene rings is 1. The van der Waals surface area contributed by atoms with E-state index < -0.39 is 12.0 Å². The van der Waals surface area contributed by atoms with E-state index in [9.17, 15) is 14.7 Å². The topological polar surface area (TPSA) is 70.5 Å². The number of carboxylic acids is 1. The summed E-state index contributed by atoms with van der Waals surface area (Å²) in [7, 11) is 0. The van der Waals surface area contributed by atoms with Crippen molar-refractivity contribution >= 4 is 11.9 Å². The predicted octanol–water partition coefficient (Wildman–Crippen LogP) is 2.29. The van der Waals surface area contributed by atoms with Crippen LogP contribution in [0.1, 0.15) is 34.6 Å². The van der Waals surface area contributed by atoms with E-state index in [4.69, 9.17) is 0 Å². The van der Waals surface area contributed by atoms with Crippen LogP contribution in [0, 0.1) is 0 Å². The zero-order valence-corrected chi connectivity index (χ0v) is 12.1. The van der Waals surface area contributed by atoms with Crippen molar-refractivity contribution in [3.63, 3.8) is 0 Å². The van der Waals surface area contributed by atoms with E-state index in [1.807, 2.05) is 25.1 Å². The van der Waals surface area contributed by atoms with E-state index >= 15 is 0 Å². The minimum atomic E-state index is -1.01. The molecule has 1 N–H and O–H groups in total. The number of carbonyl (C=O) groups excluding carboxylic acids is 1. The van der Waals surface area contributed by atoms with E-state index in [0.29, 0.717) is 17.5 Å². The number of hydrogen-bond donors (Lipinski definition) is 1. The number of nitrogens with zero attached hydrogens (tertiary/aromatic N) is 2. The van der Waals surface area contributed by atoms with Crippen LogP contribution in [0.15, 0.2) is 48.7 Å². The Hall–Kier alpha value is -2.69. The maximum absolute atomic E-state index is 12.6. The molecular formula is C17H16N2O3. The van der Waals surface area contributed by atoms with Gasteiger partial charge < -0.3 is 10.0 Å². The van der Waals surface area contributed by atoms with E-state index in [2.05, 4.69) is 4.98 Å². The Morgan fingerprint density at radius 3 is 2.68 bits per heavy atom. The summed E-state index contributed by atoms with van der Waals surface area (Å²) in [5.41, 5.74) is 1.87. The fourth-order valence-corrected chi connectivity index (χ4v) is 2.96. The van der Waals surface area contributed by atoms with Gasteiger partial charge in [-0.25, -0.2) is 4.79 Å². The third kappa shape index (κ3) is 2.35. The second kappa shape index (κ2) is 5.60. The molecule has 1 aliphatic rings. The molecular weight excluding hydrogens is 280 g/mol. The predicted molar refractivity (Wildman–Crippen MR) is 80.4 cm³/mol. The molecule has 112 valence electrons. The van der Waals surface area contributed by atoms with Gasteiger partial charge in [-0.3, -0.25) is 9.78 Å². The number of hydrogen-bond acceptors (Lipinski definition) is 3. The van der Waals surface area contributed by atoms with Gasteiger partial charge in [-0.15, -0.1) is 0 Å². The molecule has 1 aliphatic heterocycles. The van der Waals surface area contributed by atoms with Crippen molar-refractivity contribution in [3.05, 3.63) is 65.5 Å². The zero-order chi connectivity index (χ0) is 15.7. The van der Waals surface area contributed by atoms with E-state index in [1.54, 1.807) is 30.5 Å². The van der Waals surface area contributed by atoms with Gasteiger partial charge in [0.1, 0.15) is 0 Å². The smallest absolute Gasteiger partial charge is 0.331 e. The van der Waals surface area contributed by atoms with Crippen LogP contribution in [-0.2, 0) is 11.2 Å². The van der Waals surface area contributed by atoms with Gasteiger partial charge in [-0.2, -0.15) is 0 Å². The summed E-state index contributed by atoms with van der Waals surface area (Å²) < 4.78 is 0. The lowest BCUT2D eigenvalue weighted by molar-refractivity contribution is -0.142. The Morgan fingerprint density at radius 2 is 2.00 bits per heavy atom. The first-order chi connectivity index (χ1) is 10.6. The second-order valence-electron chi connectivity index (χ2n) is 5.41. The third-order valence-electron chi connectivity index (χ3n) is 3.94. The molecule has 0 saturated carbocycles. The highest BCUT2D eigenvalue weighted by atomic mass is 16.4. The molecule has 0 saturated heterocycles. The fraction of sp³-hybridized carbons (Fsp3) is 0.235. The monoisotopic (exact) mass is 296 g/mol. The summed E-state index contributed by atoms with van der Waals surface area (Å²) in [4.78, 5) is 29.9. The molecule has 0 aliphatic carbocycles. The first kappa shape index (κ1) is 14.3. The molecule has 5 heteroatoms. The number of pyridine rings is 1. The van der Waals surface area contributed by atoms with Gasteiger partial charge in [0.25, 0.3) is 5.91 Å². The first-order valence-electron chi connectivity index (χ1n) is 7.14. The molecule has 1 aromatic carbocycles. The number of fused-ring (bicyclic) bond motifs is 1. The molecule has 2 aromatic rings. The van der Waals surface area contributed by atoms with Gasteiger partial charge in [-0.1, -0.05) is 24.3 Å². The van der Waals surface area contributed by atoms with Gasteiger partial charge in [-0.05, 0) is 30.7 Å². The molecule has 0 radical (unpaired) electrons. The van der Waals surface area contributed by atoms with Crippen molar-refractivity contribution in [1.82, 2.24) is 9.88 Å². The lowest BCUT2D eigenvalue weighted by Crippen LogP contribution is -2.40. The average molecular weight is 296 g/mol. The van der Waals surface area contributed by atoms with Crippen molar-refractivity contribution in [2.45, 2.75) is 25.4 Å². The summed E-state index contributed by atoms with van der Waals surface area (Å²) in [5, 5.41) is 9.55. The summed E-state index contributed by atoms with van der Waals surface area (Å²) >= 11 is 0. The molecule has 2 unspecified atom stereocenters. The number of aromatic nitrogens is 1. The highest BCUT2D eigenvalue weighted by Gasteiger charge is 2.43. The standard InChI is InChI=1S/C17H16N2O3/c1-11(10-12-6-4-5-9-18-12)19-15(17(21)22)13-7-2-3-8-14(13)16(19)20/h2-9,11,15H,10H2,1H3,(H,21,22). The molecule has 5 nitrogen and oxygen atoms in total. The van der Waals surface area contributed by atoms with Crippen LogP contribution in [0.3, 0.4) is 0 Å². The van der Waals surface area contributed by atoms with Crippen LogP contribution in [0.4, 0.5) is 0 Å². The van der Waals surface area contributed by atoms with Crippen molar-refractivity contribution in [3.8, 4) is 0 Å². The lowest BCUT2D eigenvalue weighted by atomic mass is 10.0. The van der Waals surface area contributed by atoms with Crippen LogP contribution in [-0.4, -0.2) is 32.9 Å². The highest BCUT2D eigenvalue weighted by Crippen LogP contribution is 2.35. The van der Waals surface area contributed by atoms with Crippen molar-refractivity contribution in [2.24, 2.45) is 0 Å². The van der Waals surface area contributed by atoms with Crippen molar-refractivity contribution < 1.29 is 14.7 Å². The van der Waals surface area contributed by atoms with Gasteiger partial charge in [0, 0.05) is 29.9 Å². The molecule has 22 heavy (non-hydrogen) atoms. The molecule has 1 amide bonds. The minimum Gasteiger partial charge on any atom is -0.479 e. The Labute approximate surface area is 128 Å². The van der Waals surface area contributed by atoms with Crippen LogP contribution in [0.25, 0.3) is 0 Å². The van der Waals surface area contributed by atoms with Crippen LogP contribution < -0.4 is 0 Å². The SMILES string of the molecule is CC(Cc1ccccn1)N1C(=O)c2ccccc2C1C(=O)O.